The van der Waals surface area contributed by atoms with E-state index in [-0.39, 0.29) is 0 Å². The summed E-state index contributed by atoms with van der Waals surface area (Å²) in [6.45, 7) is 0. The van der Waals surface area contributed by atoms with Gasteiger partial charge in [-0.15, -0.1) is 0 Å². The Bertz CT molecular complexity index is 4770. The standard InChI is InChI=1S/C78H52N2/c1-3-15-53(16-4-1)55-31-33-56(34-32-55)57-35-37-58(38-36-57)61-19-11-21-63(47-61)64-22-12-20-62(48-64)59-39-41-60(42-40-59)66-24-14-26-70(50-66)80-76-30-10-8-28-72(76)74-52-68(44-46-78(74)80)67-43-45-77-73(51-67)71-27-7-9-29-75(71)79(77)69-25-13-23-65(49-69)54-17-5-2-6-18-54/h1-52H. The van der Waals surface area contributed by atoms with Gasteiger partial charge in [-0.3, -0.25) is 0 Å². The average molecular weight is 1020 g/mol. The van der Waals surface area contributed by atoms with E-state index in [1.165, 1.54) is 133 Å². The van der Waals surface area contributed by atoms with Crippen LogP contribution in [0.25, 0.3) is 144 Å². The molecule has 0 amide bonds. The quantitative estimate of drug-likeness (QED) is 0.129. The van der Waals surface area contributed by atoms with Gasteiger partial charge in [0.2, 0.25) is 0 Å². The molecule has 0 saturated heterocycles. The molecule has 0 saturated carbocycles. The Morgan fingerprint density at radius 3 is 0.762 bits per heavy atom. The van der Waals surface area contributed by atoms with Crippen molar-refractivity contribution in [2.24, 2.45) is 0 Å². The smallest absolute Gasteiger partial charge is 0.0541 e. The van der Waals surface area contributed by atoms with Crippen molar-refractivity contribution in [1.82, 2.24) is 9.13 Å². The fourth-order valence-electron chi connectivity index (χ4n) is 12.1. The molecule has 2 aromatic heterocycles. The molecule has 0 spiro atoms. The Kier molecular flexibility index (Phi) is 11.6. The molecule has 15 rings (SSSR count). The Morgan fingerprint density at radius 1 is 0.138 bits per heavy atom. The minimum Gasteiger partial charge on any atom is -0.309 e. The highest BCUT2D eigenvalue weighted by Crippen LogP contribution is 2.40. The molecule has 2 heteroatoms. The summed E-state index contributed by atoms with van der Waals surface area (Å²) in [7, 11) is 0. The molecule has 80 heavy (non-hydrogen) atoms. The van der Waals surface area contributed by atoms with E-state index in [0.29, 0.717) is 0 Å². The van der Waals surface area contributed by atoms with Crippen molar-refractivity contribution in [2.45, 2.75) is 0 Å². The van der Waals surface area contributed by atoms with E-state index in [1.54, 1.807) is 0 Å². The molecule has 0 N–H and O–H groups in total. The van der Waals surface area contributed by atoms with Gasteiger partial charge in [0.15, 0.2) is 0 Å². The SMILES string of the molecule is c1ccc(-c2ccc(-c3ccc(-c4cccc(-c5cccc(-c6ccc(-c7cccc(-n8c9ccccc9c9cc(-c%10ccc%11c(c%10)c%10ccccc%10n%11-c%10cccc(-c%11ccccc%11)c%10)ccc98)c7)cc6)c5)c4)cc3)cc2)cc1. The Hall–Kier alpha value is -10.5. The maximum atomic E-state index is 2.42. The molecule has 0 aliphatic carbocycles. The molecular weight excluding hydrogens is 965 g/mol. The first-order valence-electron chi connectivity index (χ1n) is 27.5. The van der Waals surface area contributed by atoms with Crippen LogP contribution in [0.15, 0.2) is 315 Å². The van der Waals surface area contributed by atoms with E-state index in [4.69, 9.17) is 0 Å². The van der Waals surface area contributed by atoms with E-state index in [9.17, 15) is 0 Å². The van der Waals surface area contributed by atoms with Crippen molar-refractivity contribution < 1.29 is 0 Å². The van der Waals surface area contributed by atoms with Gasteiger partial charge in [-0.05, 0) is 162 Å². The molecule has 0 fully saturated rings. The van der Waals surface area contributed by atoms with Crippen LogP contribution in [-0.4, -0.2) is 9.13 Å². The van der Waals surface area contributed by atoms with Gasteiger partial charge in [0.25, 0.3) is 0 Å². The maximum Gasteiger partial charge on any atom is 0.0541 e. The number of hydrogen-bond acceptors (Lipinski definition) is 0. The van der Waals surface area contributed by atoms with Gasteiger partial charge in [-0.2, -0.15) is 0 Å². The third-order valence-corrected chi connectivity index (χ3v) is 16.1. The molecule has 15 aromatic rings. The number of benzene rings is 13. The number of para-hydroxylation sites is 2. The molecule has 0 bridgehead atoms. The molecule has 13 aromatic carbocycles. The maximum absolute atomic E-state index is 2.42. The zero-order valence-corrected chi connectivity index (χ0v) is 43.9. The molecule has 0 radical (unpaired) electrons. The van der Waals surface area contributed by atoms with Crippen LogP contribution in [-0.2, 0) is 0 Å². The van der Waals surface area contributed by atoms with E-state index in [1.807, 2.05) is 0 Å². The third-order valence-electron chi connectivity index (χ3n) is 16.1. The zero-order valence-electron chi connectivity index (χ0n) is 43.9. The summed E-state index contributed by atoms with van der Waals surface area (Å²) < 4.78 is 4.84. The van der Waals surface area contributed by atoms with Crippen molar-refractivity contribution in [3.63, 3.8) is 0 Å². The largest absolute Gasteiger partial charge is 0.309 e. The van der Waals surface area contributed by atoms with Crippen LogP contribution in [0.2, 0.25) is 0 Å². The third kappa shape index (κ3) is 8.48. The summed E-state index contributed by atoms with van der Waals surface area (Å²) in [4.78, 5) is 0. The second-order valence-corrected chi connectivity index (χ2v) is 20.9. The molecular formula is C78H52N2. The first-order chi connectivity index (χ1) is 39.6. The normalized spacial score (nSPS) is 11.5. The molecule has 2 heterocycles. The number of rotatable bonds is 10. The van der Waals surface area contributed by atoms with Crippen LogP contribution < -0.4 is 0 Å². The lowest BCUT2D eigenvalue weighted by atomic mass is 9.94. The number of hydrogen-bond donors (Lipinski definition) is 0. The number of fused-ring (bicyclic) bond motifs is 6. The highest BCUT2D eigenvalue weighted by atomic mass is 15.0. The lowest BCUT2D eigenvalue weighted by Crippen LogP contribution is -1.94. The van der Waals surface area contributed by atoms with E-state index in [0.717, 1.165) is 11.4 Å². The monoisotopic (exact) mass is 1020 g/mol. The molecule has 0 unspecified atom stereocenters. The molecule has 0 atom stereocenters. The Balaban J connectivity index is 0.697. The van der Waals surface area contributed by atoms with Gasteiger partial charge in [0, 0.05) is 32.9 Å². The predicted octanol–water partition coefficient (Wildman–Crippen LogP) is 21.2. The minimum absolute atomic E-state index is 1.13. The lowest BCUT2D eigenvalue weighted by molar-refractivity contribution is 1.18. The molecule has 0 aliphatic heterocycles. The van der Waals surface area contributed by atoms with Crippen LogP contribution >= 0.6 is 0 Å². The second-order valence-electron chi connectivity index (χ2n) is 20.9. The van der Waals surface area contributed by atoms with Gasteiger partial charge in [0.05, 0.1) is 22.1 Å². The molecule has 374 valence electrons. The van der Waals surface area contributed by atoms with Gasteiger partial charge >= 0.3 is 0 Å². The number of aromatic nitrogens is 2. The predicted molar refractivity (Wildman–Crippen MR) is 339 cm³/mol. The van der Waals surface area contributed by atoms with Gasteiger partial charge in [-0.25, -0.2) is 0 Å². The fourth-order valence-corrected chi connectivity index (χ4v) is 12.1. The van der Waals surface area contributed by atoms with Crippen LogP contribution in [0.5, 0.6) is 0 Å². The highest BCUT2D eigenvalue weighted by molar-refractivity contribution is 6.13. The fraction of sp³-hybridized carbons (Fsp3) is 0. The zero-order chi connectivity index (χ0) is 52.9. The van der Waals surface area contributed by atoms with Crippen molar-refractivity contribution in [3.05, 3.63) is 315 Å². The van der Waals surface area contributed by atoms with E-state index in [2.05, 4.69) is 325 Å². The van der Waals surface area contributed by atoms with E-state index < -0.39 is 0 Å². The van der Waals surface area contributed by atoms with Crippen molar-refractivity contribution in [2.75, 3.05) is 0 Å². The number of nitrogens with zero attached hydrogens (tertiary/aromatic N) is 2. The minimum atomic E-state index is 1.13. The summed E-state index contributed by atoms with van der Waals surface area (Å²) in [5, 5.41) is 4.96. The first kappa shape index (κ1) is 46.7. The summed E-state index contributed by atoms with van der Waals surface area (Å²) in [6, 6.07) is 115. The van der Waals surface area contributed by atoms with Crippen LogP contribution in [0.1, 0.15) is 0 Å². The van der Waals surface area contributed by atoms with Crippen LogP contribution in [0.3, 0.4) is 0 Å². The first-order valence-corrected chi connectivity index (χ1v) is 27.5. The Labute approximate surface area is 466 Å². The van der Waals surface area contributed by atoms with Crippen molar-refractivity contribution in [1.29, 1.82) is 0 Å². The van der Waals surface area contributed by atoms with Crippen LogP contribution in [0, 0.1) is 0 Å². The summed E-state index contributed by atoms with van der Waals surface area (Å²) in [5.74, 6) is 0. The van der Waals surface area contributed by atoms with Gasteiger partial charge < -0.3 is 9.13 Å². The second kappa shape index (κ2) is 19.8. The summed E-state index contributed by atoms with van der Waals surface area (Å²) in [5.41, 5.74) is 26.3. The summed E-state index contributed by atoms with van der Waals surface area (Å²) in [6.07, 6.45) is 0. The van der Waals surface area contributed by atoms with Gasteiger partial charge in [0.1, 0.15) is 0 Å². The average Bonchev–Trinajstić information content (AvgIpc) is 4.29. The Morgan fingerprint density at radius 2 is 0.375 bits per heavy atom. The molecule has 0 aliphatic rings. The topological polar surface area (TPSA) is 9.86 Å². The highest BCUT2D eigenvalue weighted by Gasteiger charge is 2.18. The van der Waals surface area contributed by atoms with Crippen molar-refractivity contribution >= 4 is 43.6 Å². The van der Waals surface area contributed by atoms with Crippen molar-refractivity contribution in [3.8, 4) is 100 Å². The summed E-state index contributed by atoms with van der Waals surface area (Å²) >= 11 is 0. The van der Waals surface area contributed by atoms with Gasteiger partial charge in [-0.1, -0.05) is 243 Å². The molecule has 2 nitrogen and oxygen atoms in total. The van der Waals surface area contributed by atoms with Crippen LogP contribution in [0.4, 0.5) is 0 Å². The lowest BCUT2D eigenvalue weighted by Gasteiger charge is -2.12. The van der Waals surface area contributed by atoms with E-state index >= 15 is 0 Å².